The van der Waals surface area contributed by atoms with Crippen molar-refractivity contribution in [2.75, 3.05) is 25.1 Å². The third-order valence-electron chi connectivity index (χ3n) is 4.60. The Balaban J connectivity index is 2.12. The lowest BCUT2D eigenvalue weighted by Crippen LogP contribution is -2.34. The Morgan fingerprint density at radius 3 is 2.43 bits per heavy atom. The van der Waals surface area contributed by atoms with E-state index in [0.29, 0.717) is 5.69 Å². The number of amides is 1. The van der Waals surface area contributed by atoms with E-state index < -0.39 is 12.0 Å². The van der Waals surface area contributed by atoms with E-state index in [1.54, 1.807) is 6.92 Å². The molecule has 2 aromatic rings. The molecule has 0 radical (unpaired) electrons. The lowest BCUT2D eigenvalue weighted by atomic mass is 9.98. The van der Waals surface area contributed by atoms with Gasteiger partial charge < -0.3 is 20.1 Å². The van der Waals surface area contributed by atoms with Crippen molar-refractivity contribution in [3.63, 3.8) is 0 Å². The number of rotatable bonds is 7. The molecule has 2 N–H and O–H groups in total. The number of para-hydroxylation sites is 1. The molecule has 146 valence electrons. The standard InChI is InChI=1S/C22H24N2O4/c1-3-28-22(27)18-19(23-17-7-5-4-6-8-17)21(26)24(13-14-25)20(18)16-11-9-15(2)10-12-16/h4-12,20,23,25H,3,13-14H2,1-2H3. The quantitative estimate of drug-likeness (QED) is 0.722. The number of carbonyl (C=O) groups excluding carboxylic acids is 2. The largest absolute Gasteiger partial charge is 0.463 e. The van der Waals surface area contributed by atoms with Crippen LogP contribution in [-0.4, -0.2) is 41.6 Å². The van der Waals surface area contributed by atoms with Crippen molar-refractivity contribution >= 4 is 17.6 Å². The normalized spacial score (nSPS) is 16.5. The van der Waals surface area contributed by atoms with E-state index >= 15 is 0 Å². The van der Waals surface area contributed by atoms with Crippen LogP contribution in [0.5, 0.6) is 0 Å². The number of aliphatic hydroxyl groups is 1. The maximum atomic E-state index is 13.2. The number of aryl methyl sites for hydroxylation is 1. The van der Waals surface area contributed by atoms with E-state index in [0.717, 1.165) is 11.1 Å². The number of hydrogen-bond acceptors (Lipinski definition) is 5. The van der Waals surface area contributed by atoms with Gasteiger partial charge in [-0.15, -0.1) is 0 Å². The van der Waals surface area contributed by atoms with E-state index in [1.165, 1.54) is 4.90 Å². The Kier molecular flexibility index (Phi) is 6.11. The number of aliphatic hydroxyl groups excluding tert-OH is 1. The van der Waals surface area contributed by atoms with E-state index in [-0.39, 0.29) is 36.9 Å². The zero-order chi connectivity index (χ0) is 20.1. The van der Waals surface area contributed by atoms with Gasteiger partial charge >= 0.3 is 5.97 Å². The zero-order valence-corrected chi connectivity index (χ0v) is 16.0. The number of nitrogens with one attached hydrogen (secondary N) is 1. The molecule has 1 heterocycles. The van der Waals surface area contributed by atoms with Crippen LogP contribution >= 0.6 is 0 Å². The Labute approximate surface area is 164 Å². The summed E-state index contributed by atoms with van der Waals surface area (Å²) in [4.78, 5) is 27.5. The summed E-state index contributed by atoms with van der Waals surface area (Å²) in [6.07, 6.45) is 0. The van der Waals surface area contributed by atoms with Gasteiger partial charge in [0.05, 0.1) is 24.8 Å². The number of carbonyl (C=O) groups is 2. The first-order chi connectivity index (χ1) is 13.6. The molecule has 2 aromatic carbocycles. The van der Waals surface area contributed by atoms with Gasteiger partial charge in [0.25, 0.3) is 5.91 Å². The molecule has 1 aliphatic rings. The maximum absolute atomic E-state index is 13.2. The van der Waals surface area contributed by atoms with Crippen molar-refractivity contribution in [1.29, 1.82) is 0 Å². The van der Waals surface area contributed by atoms with Crippen LogP contribution in [0.2, 0.25) is 0 Å². The summed E-state index contributed by atoms with van der Waals surface area (Å²) in [7, 11) is 0. The molecule has 0 spiro atoms. The van der Waals surface area contributed by atoms with Crippen molar-refractivity contribution in [3.8, 4) is 0 Å². The van der Waals surface area contributed by atoms with Gasteiger partial charge in [-0.05, 0) is 31.5 Å². The minimum Gasteiger partial charge on any atom is -0.463 e. The summed E-state index contributed by atoms with van der Waals surface area (Å²) in [5.74, 6) is -0.883. The van der Waals surface area contributed by atoms with Crippen LogP contribution in [0.1, 0.15) is 24.1 Å². The van der Waals surface area contributed by atoms with Crippen LogP contribution < -0.4 is 5.32 Å². The van der Waals surface area contributed by atoms with Gasteiger partial charge in [0.1, 0.15) is 5.70 Å². The molecule has 1 amide bonds. The number of ether oxygens (including phenoxy) is 1. The average Bonchev–Trinajstić information content (AvgIpc) is 2.96. The molecule has 1 atom stereocenters. The highest BCUT2D eigenvalue weighted by Gasteiger charge is 2.44. The smallest absolute Gasteiger partial charge is 0.338 e. The molecule has 28 heavy (non-hydrogen) atoms. The van der Waals surface area contributed by atoms with Crippen LogP contribution in [0.3, 0.4) is 0 Å². The first kappa shape index (κ1) is 19.6. The molecule has 0 bridgehead atoms. The molecule has 3 rings (SSSR count). The second kappa shape index (κ2) is 8.71. The van der Waals surface area contributed by atoms with E-state index in [9.17, 15) is 14.7 Å². The van der Waals surface area contributed by atoms with Gasteiger partial charge in [-0.1, -0.05) is 48.0 Å². The average molecular weight is 380 g/mol. The van der Waals surface area contributed by atoms with E-state index in [2.05, 4.69) is 5.32 Å². The zero-order valence-electron chi connectivity index (χ0n) is 16.0. The minimum absolute atomic E-state index is 0.111. The van der Waals surface area contributed by atoms with E-state index in [1.807, 2.05) is 61.5 Å². The lowest BCUT2D eigenvalue weighted by molar-refractivity contribution is -0.139. The fraction of sp³-hybridized carbons (Fsp3) is 0.273. The van der Waals surface area contributed by atoms with Crippen LogP contribution in [-0.2, 0) is 14.3 Å². The van der Waals surface area contributed by atoms with Crippen molar-refractivity contribution in [3.05, 3.63) is 77.0 Å². The van der Waals surface area contributed by atoms with Gasteiger partial charge in [0.2, 0.25) is 0 Å². The Morgan fingerprint density at radius 2 is 1.82 bits per heavy atom. The first-order valence-electron chi connectivity index (χ1n) is 9.28. The summed E-state index contributed by atoms with van der Waals surface area (Å²) in [6.45, 7) is 3.81. The number of anilines is 1. The molecule has 0 aromatic heterocycles. The Bertz CT molecular complexity index is 875. The minimum atomic E-state index is -0.620. The summed E-state index contributed by atoms with van der Waals surface area (Å²) < 4.78 is 5.27. The summed E-state index contributed by atoms with van der Waals surface area (Å²) in [6, 6.07) is 16.2. The highest BCUT2D eigenvalue weighted by atomic mass is 16.5. The molecule has 1 unspecified atom stereocenters. The summed E-state index contributed by atoms with van der Waals surface area (Å²) >= 11 is 0. The SMILES string of the molecule is CCOC(=O)C1=C(Nc2ccccc2)C(=O)N(CCO)C1c1ccc(C)cc1. The lowest BCUT2D eigenvalue weighted by Gasteiger charge is -2.26. The molecular weight excluding hydrogens is 356 g/mol. The molecule has 1 aliphatic heterocycles. The molecule has 6 heteroatoms. The molecule has 0 aliphatic carbocycles. The monoisotopic (exact) mass is 380 g/mol. The van der Waals surface area contributed by atoms with Crippen LogP contribution in [0, 0.1) is 6.92 Å². The number of hydrogen-bond donors (Lipinski definition) is 2. The van der Waals surface area contributed by atoms with Gasteiger partial charge in [0, 0.05) is 12.2 Å². The third-order valence-corrected chi connectivity index (χ3v) is 4.60. The topological polar surface area (TPSA) is 78.9 Å². The summed E-state index contributed by atoms with van der Waals surface area (Å²) in [5, 5.41) is 12.6. The molecule has 0 saturated heterocycles. The molecule has 6 nitrogen and oxygen atoms in total. The fourth-order valence-electron chi connectivity index (χ4n) is 3.31. The van der Waals surface area contributed by atoms with Gasteiger partial charge in [-0.2, -0.15) is 0 Å². The molecule has 0 fully saturated rings. The fourth-order valence-corrected chi connectivity index (χ4v) is 3.31. The second-order valence-corrected chi connectivity index (χ2v) is 6.54. The predicted octanol–water partition coefficient (Wildman–Crippen LogP) is 2.80. The number of β-amino-alcohol motifs (C(OH)–C–C–N with tert-alkyl or cyclic N) is 1. The van der Waals surface area contributed by atoms with Crippen molar-refractivity contribution in [2.45, 2.75) is 19.9 Å². The van der Waals surface area contributed by atoms with Crippen LogP contribution in [0.25, 0.3) is 0 Å². The van der Waals surface area contributed by atoms with Gasteiger partial charge in [0.15, 0.2) is 0 Å². The molecular formula is C22H24N2O4. The van der Waals surface area contributed by atoms with Crippen molar-refractivity contribution in [1.82, 2.24) is 4.90 Å². The Hall–Kier alpha value is -3.12. The number of esters is 1. The van der Waals surface area contributed by atoms with Gasteiger partial charge in [-0.3, -0.25) is 4.79 Å². The summed E-state index contributed by atoms with van der Waals surface area (Å²) in [5.41, 5.74) is 3.00. The maximum Gasteiger partial charge on any atom is 0.338 e. The highest BCUT2D eigenvalue weighted by molar-refractivity contribution is 6.09. The third kappa shape index (κ3) is 3.92. The van der Waals surface area contributed by atoms with E-state index in [4.69, 9.17) is 4.74 Å². The number of benzene rings is 2. The van der Waals surface area contributed by atoms with Crippen LogP contribution in [0.4, 0.5) is 5.69 Å². The molecule has 0 saturated carbocycles. The first-order valence-corrected chi connectivity index (χ1v) is 9.28. The van der Waals surface area contributed by atoms with Crippen molar-refractivity contribution in [2.24, 2.45) is 0 Å². The van der Waals surface area contributed by atoms with Gasteiger partial charge in [-0.25, -0.2) is 4.79 Å². The van der Waals surface area contributed by atoms with Crippen LogP contribution in [0.15, 0.2) is 65.9 Å². The van der Waals surface area contributed by atoms with Crippen molar-refractivity contribution < 1.29 is 19.4 Å². The highest BCUT2D eigenvalue weighted by Crippen LogP contribution is 2.39. The second-order valence-electron chi connectivity index (χ2n) is 6.54. The number of nitrogens with zero attached hydrogens (tertiary/aromatic N) is 1. The Morgan fingerprint density at radius 1 is 1.14 bits per heavy atom. The predicted molar refractivity (Wildman–Crippen MR) is 106 cm³/mol.